The first-order valence-corrected chi connectivity index (χ1v) is 14.0. The van der Waals surface area contributed by atoms with Gasteiger partial charge in [-0.1, -0.05) is 18.1 Å². The third-order valence-electron chi connectivity index (χ3n) is 7.74. The lowest BCUT2D eigenvalue weighted by Crippen LogP contribution is -2.44. The molecular formula is C32H37F2N5O. The first kappa shape index (κ1) is 27.7. The van der Waals surface area contributed by atoms with E-state index in [0.717, 1.165) is 71.0 Å². The van der Waals surface area contributed by atoms with Gasteiger partial charge in [0, 0.05) is 88.4 Å². The van der Waals surface area contributed by atoms with Gasteiger partial charge >= 0.3 is 0 Å². The van der Waals surface area contributed by atoms with Crippen LogP contribution in [0.4, 0.5) is 14.5 Å². The maximum atomic E-state index is 13.5. The third-order valence-corrected chi connectivity index (χ3v) is 7.74. The number of carbonyl (C=O) groups excluding carboxylic acids is 1. The zero-order valence-corrected chi connectivity index (χ0v) is 22.8. The normalized spacial score (nSPS) is 17.2. The van der Waals surface area contributed by atoms with E-state index < -0.39 is 5.92 Å². The van der Waals surface area contributed by atoms with E-state index in [0.29, 0.717) is 11.3 Å². The van der Waals surface area contributed by atoms with Crippen LogP contribution in [0, 0.1) is 17.8 Å². The smallest absolute Gasteiger partial charge is 0.270 e. The van der Waals surface area contributed by atoms with Gasteiger partial charge in [-0.25, -0.2) is 13.8 Å². The van der Waals surface area contributed by atoms with Crippen molar-refractivity contribution in [3.8, 4) is 11.8 Å². The van der Waals surface area contributed by atoms with Crippen LogP contribution >= 0.6 is 0 Å². The number of piperidine rings is 2. The van der Waals surface area contributed by atoms with E-state index in [-0.39, 0.29) is 24.9 Å². The van der Waals surface area contributed by atoms with Crippen molar-refractivity contribution in [2.75, 3.05) is 31.1 Å². The molecule has 2 aromatic heterocycles. The number of carbonyl (C=O) groups is 1. The van der Waals surface area contributed by atoms with Gasteiger partial charge in [0.05, 0.1) is 0 Å². The molecule has 2 saturated heterocycles. The zero-order chi connectivity index (χ0) is 28.0. The quantitative estimate of drug-likeness (QED) is 0.415. The summed E-state index contributed by atoms with van der Waals surface area (Å²) in [5.74, 6) is 3.81. The highest BCUT2D eigenvalue weighted by Crippen LogP contribution is 2.30. The molecule has 2 fully saturated rings. The Morgan fingerprint density at radius 1 is 1.00 bits per heavy atom. The van der Waals surface area contributed by atoms with E-state index in [4.69, 9.17) is 0 Å². The number of pyridine rings is 2. The highest BCUT2D eigenvalue weighted by Gasteiger charge is 2.25. The Kier molecular flexibility index (Phi) is 8.71. The number of hydrogen-bond donors (Lipinski definition) is 1. The van der Waals surface area contributed by atoms with Crippen molar-refractivity contribution in [2.45, 2.75) is 51.1 Å². The second kappa shape index (κ2) is 12.6. The Morgan fingerprint density at radius 3 is 2.38 bits per heavy atom. The van der Waals surface area contributed by atoms with Crippen LogP contribution < -0.4 is 10.2 Å². The van der Waals surface area contributed by atoms with Gasteiger partial charge in [0.25, 0.3) is 11.8 Å². The summed E-state index contributed by atoms with van der Waals surface area (Å²) in [5, 5.41) is 3.19. The molecule has 1 aromatic carbocycles. The summed E-state index contributed by atoms with van der Waals surface area (Å²) in [6.07, 6.45) is 8.90. The van der Waals surface area contributed by atoms with E-state index in [1.807, 2.05) is 24.5 Å². The predicted octanol–water partition coefficient (Wildman–Crippen LogP) is 5.50. The molecule has 8 heteroatoms. The Bertz CT molecular complexity index is 1340. The van der Waals surface area contributed by atoms with Crippen LogP contribution in [0.3, 0.4) is 0 Å². The number of hydrogen-bond acceptors (Lipinski definition) is 5. The summed E-state index contributed by atoms with van der Waals surface area (Å²) in [7, 11) is 0. The van der Waals surface area contributed by atoms with Gasteiger partial charge in [0.1, 0.15) is 5.69 Å². The Labute approximate surface area is 236 Å². The maximum absolute atomic E-state index is 13.5. The Hall–Kier alpha value is -3.83. The summed E-state index contributed by atoms with van der Waals surface area (Å²) < 4.78 is 27.0. The van der Waals surface area contributed by atoms with Gasteiger partial charge in [-0.2, -0.15) is 0 Å². The summed E-state index contributed by atoms with van der Waals surface area (Å²) in [4.78, 5) is 26.0. The number of anilines is 1. The van der Waals surface area contributed by atoms with E-state index in [9.17, 15) is 13.6 Å². The number of nitrogens with one attached hydrogen (secondary N) is 1. The first-order valence-electron chi connectivity index (χ1n) is 14.0. The van der Waals surface area contributed by atoms with E-state index in [2.05, 4.69) is 36.9 Å². The monoisotopic (exact) mass is 545 g/mol. The lowest BCUT2D eigenvalue weighted by atomic mass is 9.96. The van der Waals surface area contributed by atoms with Crippen molar-refractivity contribution in [1.82, 2.24) is 20.2 Å². The molecule has 2 aliphatic heterocycles. The van der Waals surface area contributed by atoms with Gasteiger partial charge in [0.15, 0.2) is 0 Å². The van der Waals surface area contributed by atoms with E-state index in [1.165, 1.54) is 17.7 Å². The van der Waals surface area contributed by atoms with Crippen molar-refractivity contribution >= 4 is 11.6 Å². The zero-order valence-electron chi connectivity index (χ0n) is 22.8. The molecule has 6 nitrogen and oxygen atoms in total. The molecule has 3 aromatic rings. The van der Waals surface area contributed by atoms with Gasteiger partial charge in [-0.05, 0) is 73.6 Å². The molecule has 4 heterocycles. The van der Waals surface area contributed by atoms with Crippen molar-refractivity contribution in [3.63, 3.8) is 0 Å². The molecular weight excluding hydrogens is 508 g/mol. The topological polar surface area (TPSA) is 61.4 Å². The SMILES string of the molecule is CC(F)(F)c1ccc(N2CCC(C#Cc3cc(C(=O)NC4CCN(Cc5ccncc5)CC4)ccn3)CC2)cc1.[HH]. The number of likely N-dealkylation sites (tertiary alicyclic amines) is 1. The summed E-state index contributed by atoms with van der Waals surface area (Å²) in [6.45, 7) is 5.34. The lowest BCUT2D eigenvalue weighted by Gasteiger charge is -2.32. The summed E-state index contributed by atoms with van der Waals surface area (Å²) >= 11 is 0. The largest absolute Gasteiger partial charge is 0.371 e. The summed E-state index contributed by atoms with van der Waals surface area (Å²) in [5.41, 5.74) is 3.42. The van der Waals surface area contributed by atoms with E-state index in [1.54, 1.807) is 30.5 Å². The van der Waals surface area contributed by atoms with Crippen LogP contribution in [-0.2, 0) is 12.5 Å². The van der Waals surface area contributed by atoms with Gasteiger partial charge in [0.2, 0.25) is 0 Å². The predicted molar refractivity (Wildman–Crippen MR) is 154 cm³/mol. The number of halogens is 2. The van der Waals surface area contributed by atoms with Crippen LogP contribution in [-0.4, -0.2) is 53.0 Å². The molecule has 2 aliphatic rings. The van der Waals surface area contributed by atoms with Gasteiger partial charge in [-0.15, -0.1) is 0 Å². The molecule has 40 heavy (non-hydrogen) atoms. The minimum absolute atomic E-state index is 0. The molecule has 0 bridgehead atoms. The van der Waals surface area contributed by atoms with Crippen LogP contribution in [0.2, 0.25) is 0 Å². The van der Waals surface area contributed by atoms with Crippen molar-refractivity contribution in [1.29, 1.82) is 0 Å². The van der Waals surface area contributed by atoms with Crippen LogP contribution in [0.1, 0.15) is 61.2 Å². The first-order chi connectivity index (χ1) is 19.3. The summed E-state index contributed by atoms with van der Waals surface area (Å²) in [6, 6.07) is 14.3. The molecule has 0 atom stereocenters. The fraction of sp³-hybridized carbons (Fsp3) is 0.406. The van der Waals surface area contributed by atoms with Crippen LogP contribution in [0.15, 0.2) is 67.1 Å². The average molecular weight is 546 g/mol. The van der Waals surface area contributed by atoms with Gasteiger partial charge in [-0.3, -0.25) is 14.7 Å². The van der Waals surface area contributed by atoms with Crippen molar-refractivity contribution in [2.24, 2.45) is 5.92 Å². The minimum atomic E-state index is -2.83. The molecule has 0 saturated carbocycles. The second-order valence-corrected chi connectivity index (χ2v) is 10.8. The fourth-order valence-corrected chi connectivity index (χ4v) is 5.31. The molecule has 1 N–H and O–H groups in total. The number of rotatable bonds is 6. The second-order valence-electron chi connectivity index (χ2n) is 10.8. The van der Waals surface area contributed by atoms with Crippen LogP contribution in [0.25, 0.3) is 0 Å². The number of aromatic nitrogens is 2. The number of amides is 1. The minimum Gasteiger partial charge on any atom is -0.371 e. The molecule has 0 aliphatic carbocycles. The van der Waals surface area contributed by atoms with E-state index >= 15 is 0 Å². The Balaban J connectivity index is 0.00000387. The van der Waals surface area contributed by atoms with Crippen molar-refractivity contribution < 1.29 is 15.0 Å². The molecule has 210 valence electrons. The highest BCUT2D eigenvalue weighted by atomic mass is 19.3. The highest BCUT2D eigenvalue weighted by molar-refractivity contribution is 5.94. The van der Waals surface area contributed by atoms with Gasteiger partial charge < -0.3 is 10.2 Å². The molecule has 0 radical (unpaired) electrons. The van der Waals surface area contributed by atoms with Crippen LogP contribution in [0.5, 0.6) is 0 Å². The van der Waals surface area contributed by atoms with Crippen molar-refractivity contribution in [3.05, 3.63) is 89.5 Å². The molecule has 0 unspecified atom stereocenters. The standard InChI is InChI=1S/C32H35F2N5O.H2/c1-32(33,34)27-3-6-30(7-4-27)39-20-11-24(12-21-39)2-5-29-22-26(10-17-36-29)31(40)37-28-13-18-38(19-14-28)23-25-8-15-35-16-9-25;/h3-4,6-10,15-17,22,24,28H,11-14,18-21,23H2,1H3,(H,37,40);1H. The number of nitrogens with zero attached hydrogens (tertiary/aromatic N) is 4. The fourth-order valence-electron chi connectivity index (χ4n) is 5.31. The molecule has 1 amide bonds. The Morgan fingerprint density at radius 2 is 1.70 bits per heavy atom. The third kappa shape index (κ3) is 7.42. The number of benzene rings is 1. The number of alkyl halides is 2. The molecule has 0 spiro atoms. The maximum Gasteiger partial charge on any atom is 0.270 e. The molecule has 5 rings (SSSR count). The average Bonchev–Trinajstić information content (AvgIpc) is 2.98. The lowest BCUT2D eigenvalue weighted by molar-refractivity contribution is 0.0175.